The predicted octanol–water partition coefficient (Wildman–Crippen LogP) is 3.11. The maximum absolute atomic E-state index is 12.8. The summed E-state index contributed by atoms with van der Waals surface area (Å²) in [5.41, 5.74) is 2.41. The first-order valence-electron chi connectivity index (χ1n) is 7.88. The van der Waals surface area contributed by atoms with Crippen molar-refractivity contribution >= 4 is 5.78 Å². The fourth-order valence-electron chi connectivity index (χ4n) is 3.06. The first-order valence-corrected chi connectivity index (χ1v) is 7.88. The van der Waals surface area contributed by atoms with Crippen molar-refractivity contribution < 1.29 is 9.90 Å². The number of hydrogen-bond acceptors (Lipinski definition) is 3. The Balaban J connectivity index is 2.13. The lowest BCUT2D eigenvalue weighted by atomic mass is 9.97. The zero-order valence-electron chi connectivity index (χ0n) is 13.6. The summed E-state index contributed by atoms with van der Waals surface area (Å²) in [4.78, 5) is 15.0. The summed E-state index contributed by atoms with van der Waals surface area (Å²) in [6.45, 7) is 9.56. The Labute approximate surface area is 128 Å². The number of carbonyl (C=O) groups is 1. The number of rotatable bonds is 3. The van der Waals surface area contributed by atoms with E-state index in [0.717, 1.165) is 49.0 Å². The van der Waals surface area contributed by atoms with Gasteiger partial charge in [0.15, 0.2) is 5.78 Å². The van der Waals surface area contributed by atoms with Crippen LogP contribution in [0, 0.1) is 13.8 Å². The van der Waals surface area contributed by atoms with Gasteiger partial charge < -0.3 is 5.11 Å². The van der Waals surface area contributed by atoms with Gasteiger partial charge in [-0.25, -0.2) is 0 Å². The van der Waals surface area contributed by atoms with Gasteiger partial charge in [-0.05, 0) is 65.1 Å². The van der Waals surface area contributed by atoms with Crippen molar-refractivity contribution in [1.29, 1.82) is 0 Å². The molecule has 0 radical (unpaired) electrons. The highest BCUT2D eigenvalue weighted by molar-refractivity contribution is 6.01. The number of benzene rings is 1. The minimum absolute atomic E-state index is 0.126. The summed E-state index contributed by atoms with van der Waals surface area (Å²) in [6.07, 6.45) is 2.49. The predicted molar refractivity (Wildman–Crippen MR) is 85.8 cm³/mol. The molecular formula is C18H27NO2. The molecule has 1 aromatic rings. The molecule has 1 N–H and O–H groups in total. The van der Waals surface area contributed by atoms with E-state index in [1.165, 1.54) is 0 Å². The minimum atomic E-state index is -0.587. The molecule has 1 aliphatic heterocycles. The van der Waals surface area contributed by atoms with Crippen molar-refractivity contribution in [2.24, 2.45) is 0 Å². The van der Waals surface area contributed by atoms with Gasteiger partial charge in [-0.15, -0.1) is 0 Å². The van der Waals surface area contributed by atoms with Gasteiger partial charge in [-0.2, -0.15) is 0 Å². The first-order chi connectivity index (χ1) is 9.80. The standard InChI is InChI=1S/C18H27NO2/c1-13-6-7-14(2)16(12-13)17(20)15(3)19-10-5-8-18(4,21)9-11-19/h6-7,12,15,21H,5,8-11H2,1-4H3. The highest BCUT2D eigenvalue weighted by Gasteiger charge is 2.30. The van der Waals surface area contributed by atoms with E-state index in [-0.39, 0.29) is 11.8 Å². The third kappa shape index (κ3) is 3.92. The van der Waals surface area contributed by atoms with Crippen LogP contribution in [-0.2, 0) is 0 Å². The average molecular weight is 289 g/mol. The number of ketones is 1. The van der Waals surface area contributed by atoms with Crippen molar-refractivity contribution in [1.82, 2.24) is 4.90 Å². The number of hydrogen-bond donors (Lipinski definition) is 1. The van der Waals surface area contributed by atoms with Crippen LogP contribution in [0.5, 0.6) is 0 Å². The monoisotopic (exact) mass is 289 g/mol. The highest BCUT2D eigenvalue weighted by atomic mass is 16.3. The van der Waals surface area contributed by atoms with Crippen molar-refractivity contribution in [2.45, 2.75) is 58.6 Å². The Hall–Kier alpha value is -1.19. The second-order valence-corrected chi connectivity index (χ2v) is 6.75. The van der Waals surface area contributed by atoms with E-state index in [4.69, 9.17) is 0 Å². The molecule has 116 valence electrons. The fourth-order valence-corrected chi connectivity index (χ4v) is 3.06. The van der Waals surface area contributed by atoms with E-state index in [0.29, 0.717) is 0 Å². The molecule has 0 spiro atoms. The Kier molecular flexibility index (Phi) is 4.84. The second-order valence-electron chi connectivity index (χ2n) is 6.75. The van der Waals surface area contributed by atoms with Gasteiger partial charge in [-0.3, -0.25) is 9.69 Å². The van der Waals surface area contributed by atoms with Crippen LogP contribution in [0.1, 0.15) is 54.6 Å². The molecule has 2 atom stereocenters. The lowest BCUT2D eigenvalue weighted by molar-refractivity contribution is 0.0427. The number of nitrogens with zero attached hydrogens (tertiary/aromatic N) is 1. The molecule has 3 heteroatoms. The summed E-state index contributed by atoms with van der Waals surface area (Å²) in [5.74, 6) is 0.192. The summed E-state index contributed by atoms with van der Waals surface area (Å²) in [6, 6.07) is 5.92. The molecule has 0 saturated carbocycles. The molecule has 2 rings (SSSR count). The van der Waals surface area contributed by atoms with E-state index in [9.17, 15) is 9.90 Å². The van der Waals surface area contributed by atoms with Gasteiger partial charge in [-0.1, -0.05) is 17.7 Å². The minimum Gasteiger partial charge on any atom is -0.390 e. The van der Waals surface area contributed by atoms with Gasteiger partial charge >= 0.3 is 0 Å². The van der Waals surface area contributed by atoms with E-state index in [1.54, 1.807) is 0 Å². The van der Waals surface area contributed by atoms with Gasteiger partial charge in [0.25, 0.3) is 0 Å². The summed E-state index contributed by atoms with van der Waals surface area (Å²) in [5, 5.41) is 10.2. The number of aliphatic hydroxyl groups is 1. The van der Waals surface area contributed by atoms with Gasteiger partial charge in [0, 0.05) is 12.1 Å². The zero-order valence-corrected chi connectivity index (χ0v) is 13.6. The molecule has 1 fully saturated rings. The average Bonchev–Trinajstić information content (AvgIpc) is 2.61. The molecule has 0 aromatic heterocycles. The SMILES string of the molecule is Cc1ccc(C)c(C(=O)C(C)N2CCCC(C)(O)CC2)c1. The van der Waals surface area contributed by atoms with Crippen molar-refractivity contribution in [2.75, 3.05) is 13.1 Å². The quantitative estimate of drug-likeness (QED) is 0.869. The molecule has 1 saturated heterocycles. The van der Waals surface area contributed by atoms with Crippen molar-refractivity contribution in [3.8, 4) is 0 Å². The number of Topliss-reactive ketones (excluding diaryl/α,β-unsaturated/α-hetero) is 1. The maximum Gasteiger partial charge on any atom is 0.179 e. The number of aryl methyl sites for hydroxylation is 2. The smallest absolute Gasteiger partial charge is 0.179 e. The van der Waals surface area contributed by atoms with E-state index < -0.39 is 5.60 Å². The lowest BCUT2D eigenvalue weighted by Gasteiger charge is -2.27. The third-order valence-corrected chi connectivity index (χ3v) is 4.68. The summed E-state index contributed by atoms with van der Waals surface area (Å²) in [7, 11) is 0. The molecule has 3 nitrogen and oxygen atoms in total. The van der Waals surface area contributed by atoms with Gasteiger partial charge in [0.1, 0.15) is 0 Å². The van der Waals surface area contributed by atoms with Crippen LogP contribution in [0.3, 0.4) is 0 Å². The second kappa shape index (κ2) is 6.29. The van der Waals surface area contributed by atoms with Gasteiger partial charge in [0.2, 0.25) is 0 Å². The highest BCUT2D eigenvalue weighted by Crippen LogP contribution is 2.24. The Bertz CT molecular complexity index is 522. The normalized spacial score (nSPS) is 25.4. The van der Waals surface area contributed by atoms with E-state index >= 15 is 0 Å². The topological polar surface area (TPSA) is 40.5 Å². The molecular weight excluding hydrogens is 262 g/mol. The van der Waals surface area contributed by atoms with E-state index in [1.807, 2.05) is 45.9 Å². The van der Waals surface area contributed by atoms with Crippen LogP contribution < -0.4 is 0 Å². The molecule has 2 unspecified atom stereocenters. The Morgan fingerprint density at radius 3 is 2.71 bits per heavy atom. The zero-order chi connectivity index (χ0) is 15.6. The molecule has 0 amide bonds. The summed E-state index contributed by atoms with van der Waals surface area (Å²) >= 11 is 0. The van der Waals surface area contributed by atoms with Crippen LogP contribution in [0.15, 0.2) is 18.2 Å². The summed E-state index contributed by atoms with van der Waals surface area (Å²) < 4.78 is 0. The van der Waals surface area contributed by atoms with Crippen LogP contribution in [0.25, 0.3) is 0 Å². The molecule has 1 aromatic carbocycles. The number of carbonyl (C=O) groups excluding carboxylic acids is 1. The lowest BCUT2D eigenvalue weighted by Crippen LogP contribution is -2.40. The van der Waals surface area contributed by atoms with Crippen molar-refractivity contribution in [3.63, 3.8) is 0 Å². The molecule has 0 bridgehead atoms. The molecule has 1 aliphatic rings. The van der Waals surface area contributed by atoms with Crippen LogP contribution >= 0.6 is 0 Å². The maximum atomic E-state index is 12.8. The van der Waals surface area contributed by atoms with Crippen LogP contribution in [0.2, 0.25) is 0 Å². The third-order valence-electron chi connectivity index (χ3n) is 4.68. The van der Waals surface area contributed by atoms with Crippen LogP contribution in [0.4, 0.5) is 0 Å². The molecule has 1 heterocycles. The van der Waals surface area contributed by atoms with Crippen LogP contribution in [-0.4, -0.2) is 40.5 Å². The first kappa shape index (κ1) is 16.2. The molecule has 0 aliphatic carbocycles. The largest absolute Gasteiger partial charge is 0.390 e. The van der Waals surface area contributed by atoms with Crippen molar-refractivity contribution in [3.05, 3.63) is 34.9 Å². The van der Waals surface area contributed by atoms with E-state index in [2.05, 4.69) is 4.90 Å². The fraction of sp³-hybridized carbons (Fsp3) is 0.611. The Morgan fingerprint density at radius 1 is 1.29 bits per heavy atom. The molecule has 21 heavy (non-hydrogen) atoms. The Morgan fingerprint density at radius 2 is 2.00 bits per heavy atom. The number of likely N-dealkylation sites (tertiary alicyclic amines) is 1. The van der Waals surface area contributed by atoms with Gasteiger partial charge in [0.05, 0.1) is 11.6 Å².